The van der Waals surface area contributed by atoms with Crippen molar-refractivity contribution in [3.63, 3.8) is 0 Å². The Morgan fingerprint density at radius 2 is 1.80 bits per heavy atom. The molecule has 0 aliphatic heterocycles. The van der Waals surface area contributed by atoms with Gasteiger partial charge in [0.15, 0.2) is 11.5 Å². The Hall–Kier alpha value is -1.85. The van der Waals surface area contributed by atoms with Crippen LogP contribution in [-0.2, 0) is 0 Å². The van der Waals surface area contributed by atoms with E-state index < -0.39 is 5.82 Å². The number of nitrogens with zero attached hydrogens (tertiary/aromatic N) is 3. The van der Waals surface area contributed by atoms with Crippen molar-refractivity contribution in [3.8, 4) is 5.69 Å². The van der Waals surface area contributed by atoms with E-state index in [9.17, 15) is 4.39 Å². The molecule has 3 aromatic rings. The van der Waals surface area contributed by atoms with E-state index in [4.69, 9.17) is 28.9 Å². The number of aromatic nitrogens is 3. The van der Waals surface area contributed by atoms with Crippen LogP contribution in [0, 0.1) is 12.7 Å². The second kappa shape index (κ2) is 4.61. The van der Waals surface area contributed by atoms with E-state index >= 15 is 0 Å². The van der Waals surface area contributed by atoms with E-state index in [2.05, 4.69) is 9.97 Å². The number of benzene rings is 1. The number of halogens is 3. The first-order chi connectivity index (χ1) is 9.47. The molecule has 1 aromatic carbocycles. The first kappa shape index (κ1) is 13.1. The monoisotopic (exact) mass is 310 g/mol. The zero-order valence-electron chi connectivity index (χ0n) is 10.4. The first-order valence-electron chi connectivity index (χ1n) is 5.74. The number of imidazole rings is 1. The van der Waals surface area contributed by atoms with E-state index in [1.54, 1.807) is 4.57 Å². The van der Waals surface area contributed by atoms with Crippen LogP contribution in [0.2, 0.25) is 10.0 Å². The maximum Gasteiger partial charge on any atom is 0.207 e. The molecular formula is C13H9Cl2FN4. The van der Waals surface area contributed by atoms with Gasteiger partial charge >= 0.3 is 0 Å². The minimum atomic E-state index is -0.663. The van der Waals surface area contributed by atoms with Gasteiger partial charge in [0, 0.05) is 5.69 Å². The molecule has 20 heavy (non-hydrogen) atoms. The van der Waals surface area contributed by atoms with Gasteiger partial charge in [-0.1, -0.05) is 23.2 Å². The Balaban J connectivity index is 2.34. The maximum atomic E-state index is 13.5. The molecule has 0 fully saturated rings. The highest BCUT2D eigenvalue weighted by Gasteiger charge is 2.15. The largest absolute Gasteiger partial charge is 0.369 e. The lowest BCUT2D eigenvalue weighted by atomic mass is 10.3. The molecule has 0 bridgehead atoms. The van der Waals surface area contributed by atoms with Gasteiger partial charge in [-0.15, -0.1) is 0 Å². The van der Waals surface area contributed by atoms with Crippen molar-refractivity contribution in [1.29, 1.82) is 0 Å². The van der Waals surface area contributed by atoms with Crippen LogP contribution in [0.5, 0.6) is 0 Å². The van der Waals surface area contributed by atoms with Crippen molar-refractivity contribution in [2.24, 2.45) is 0 Å². The molecule has 3 rings (SSSR count). The van der Waals surface area contributed by atoms with Crippen LogP contribution in [0.4, 0.5) is 10.3 Å². The summed E-state index contributed by atoms with van der Waals surface area (Å²) < 4.78 is 15.1. The zero-order valence-corrected chi connectivity index (χ0v) is 11.9. The quantitative estimate of drug-likeness (QED) is 0.696. The van der Waals surface area contributed by atoms with E-state index in [-0.39, 0.29) is 16.0 Å². The average molecular weight is 311 g/mol. The van der Waals surface area contributed by atoms with Gasteiger partial charge in [0.1, 0.15) is 5.52 Å². The van der Waals surface area contributed by atoms with E-state index in [0.29, 0.717) is 16.9 Å². The van der Waals surface area contributed by atoms with Gasteiger partial charge < -0.3 is 5.73 Å². The van der Waals surface area contributed by atoms with Crippen molar-refractivity contribution in [2.75, 3.05) is 5.73 Å². The predicted molar refractivity (Wildman–Crippen MR) is 78.0 cm³/mol. The summed E-state index contributed by atoms with van der Waals surface area (Å²) in [5, 5.41) is -0.164. The molecule has 0 unspecified atom stereocenters. The lowest BCUT2D eigenvalue weighted by Crippen LogP contribution is -2.02. The van der Waals surface area contributed by atoms with E-state index in [1.165, 1.54) is 12.1 Å². The summed E-state index contributed by atoms with van der Waals surface area (Å²) in [5.74, 6) is -0.430. The number of fused-ring (bicyclic) bond motifs is 1. The third-order valence-electron chi connectivity index (χ3n) is 2.90. The molecule has 2 aromatic heterocycles. The van der Waals surface area contributed by atoms with Gasteiger partial charge in [-0.3, -0.25) is 4.57 Å². The summed E-state index contributed by atoms with van der Waals surface area (Å²) in [5.41, 5.74) is 8.45. The molecule has 0 aliphatic carbocycles. The maximum absolute atomic E-state index is 13.5. The predicted octanol–water partition coefficient (Wildman–Crippen LogP) is 3.76. The minimum Gasteiger partial charge on any atom is -0.369 e. The summed E-state index contributed by atoms with van der Waals surface area (Å²) in [6.45, 7) is 1.86. The van der Waals surface area contributed by atoms with Crippen LogP contribution in [0.1, 0.15) is 5.69 Å². The van der Waals surface area contributed by atoms with Gasteiger partial charge in [0.2, 0.25) is 5.95 Å². The van der Waals surface area contributed by atoms with Gasteiger partial charge in [0.05, 0.1) is 15.7 Å². The normalized spacial score (nSPS) is 11.2. The summed E-state index contributed by atoms with van der Waals surface area (Å²) in [4.78, 5) is 8.61. The fourth-order valence-electron chi connectivity index (χ4n) is 2.00. The molecule has 2 N–H and O–H groups in total. The Kier molecular flexibility index (Phi) is 3.03. The van der Waals surface area contributed by atoms with Crippen molar-refractivity contribution in [2.45, 2.75) is 6.92 Å². The zero-order chi connectivity index (χ0) is 14.4. The average Bonchev–Trinajstić information content (AvgIpc) is 2.70. The van der Waals surface area contributed by atoms with E-state index in [0.717, 1.165) is 5.69 Å². The topological polar surface area (TPSA) is 56.7 Å². The number of anilines is 1. The highest BCUT2D eigenvalue weighted by molar-refractivity contribution is 6.35. The second-order valence-electron chi connectivity index (χ2n) is 4.32. The van der Waals surface area contributed by atoms with Gasteiger partial charge in [-0.2, -0.15) is 0 Å². The van der Waals surface area contributed by atoms with Crippen LogP contribution >= 0.6 is 23.2 Å². The SMILES string of the molecule is Cc1ccc2nc(N)n(-c3cc(Cl)c(F)c(Cl)c3)c2n1. The third-order valence-corrected chi connectivity index (χ3v) is 3.45. The molecular weight excluding hydrogens is 302 g/mol. The first-order valence-corrected chi connectivity index (χ1v) is 6.49. The van der Waals surface area contributed by atoms with Crippen LogP contribution < -0.4 is 5.73 Å². The third kappa shape index (κ3) is 1.99. The van der Waals surface area contributed by atoms with Crippen molar-refractivity contribution < 1.29 is 4.39 Å². The molecule has 0 saturated carbocycles. The summed E-state index contributed by atoms with van der Waals surface area (Å²) in [7, 11) is 0. The van der Waals surface area contributed by atoms with Gasteiger partial charge in [-0.25, -0.2) is 14.4 Å². The Morgan fingerprint density at radius 1 is 1.15 bits per heavy atom. The standard InChI is InChI=1S/C13H9Cl2FN4/c1-6-2-3-10-12(18-6)20(13(17)19-10)7-4-8(14)11(16)9(15)5-7/h2-5H,1H3,(H2,17,19). The number of rotatable bonds is 1. The lowest BCUT2D eigenvalue weighted by Gasteiger charge is -2.08. The molecule has 0 spiro atoms. The minimum absolute atomic E-state index is 0.0820. The second-order valence-corrected chi connectivity index (χ2v) is 5.14. The lowest BCUT2D eigenvalue weighted by molar-refractivity contribution is 0.628. The van der Waals surface area contributed by atoms with Gasteiger partial charge in [-0.05, 0) is 31.2 Å². The Morgan fingerprint density at radius 3 is 2.45 bits per heavy atom. The Bertz CT molecular complexity index is 806. The highest BCUT2D eigenvalue weighted by Crippen LogP contribution is 2.29. The molecule has 0 atom stereocenters. The smallest absolute Gasteiger partial charge is 0.207 e. The number of nitrogens with two attached hydrogens (primary N) is 1. The molecule has 0 amide bonds. The summed E-state index contributed by atoms with van der Waals surface area (Å²) >= 11 is 11.6. The summed E-state index contributed by atoms with van der Waals surface area (Å²) in [6, 6.07) is 6.52. The Labute approximate surface area is 124 Å². The number of hydrogen-bond acceptors (Lipinski definition) is 3. The number of nitrogen functional groups attached to an aromatic ring is 1. The van der Waals surface area contributed by atoms with Crippen molar-refractivity contribution >= 4 is 40.3 Å². The summed E-state index contributed by atoms with van der Waals surface area (Å²) in [6.07, 6.45) is 0. The van der Waals surface area contributed by atoms with Crippen molar-refractivity contribution in [1.82, 2.24) is 14.5 Å². The van der Waals surface area contributed by atoms with Crippen LogP contribution in [0.25, 0.3) is 16.9 Å². The molecule has 7 heteroatoms. The number of aryl methyl sites for hydroxylation is 1. The van der Waals surface area contributed by atoms with Crippen molar-refractivity contribution in [3.05, 3.63) is 45.8 Å². The van der Waals surface area contributed by atoms with Crippen LogP contribution in [0.3, 0.4) is 0 Å². The molecule has 0 radical (unpaired) electrons. The molecule has 0 aliphatic rings. The fraction of sp³-hybridized carbons (Fsp3) is 0.0769. The number of hydrogen-bond donors (Lipinski definition) is 1. The van der Waals surface area contributed by atoms with Crippen LogP contribution in [-0.4, -0.2) is 14.5 Å². The number of pyridine rings is 1. The molecule has 0 saturated heterocycles. The fourth-order valence-corrected chi connectivity index (χ4v) is 2.47. The van der Waals surface area contributed by atoms with Crippen LogP contribution in [0.15, 0.2) is 24.3 Å². The highest BCUT2D eigenvalue weighted by atomic mass is 35.5. The molecule has 2 heterocycles. The molecule has 4 nitrogen and oxygen atoms in total. The van der Waals surface area contributed by atoms with Gasteiger partial charge in [0.25, 0.3) is 0 Å². The van der Waals surface area contributed by atoms with E-state index in [1.807, 2.05) is 19.1 Å². The molecule has 102 valence electrons.